The van der Waals surface area contributed by atoms with Crippen LogP contribution in [0.1, 0.15) is 18.9 Å². The maximum atomic E-state index is 4.40. The molecular formula is C14H14BrN3. The Kier molecular flexibility index (Phi) is 4.47. The van der Waals surface area contributed by atoms with Gasteiger partial charge in [0.2, 0.25) is 0 Å². The largest absolute Gasteiger partial charge is 0.261 e. The van der Waals surface area contributed by atoms with Crippen molar-refractivity contribution in [3.63, 3.8) is 0 Å². The van der Waals surface area contributed by atoms with Gasteiger partial charge in [0.25, 0.3) is 0 Å². The van der Waals surface area contributed by atoms with Crippen LogP contribution in [0.2, 0.25) is 0 Å². The number of hydrazone groups is 1. The van der Waals surface area contributed by atoms with Gasteiger partial charge in [0, 0.05) is 10.7 Å². The predicted molar refractivity (Wildman–Crippen MR) is 78.8 cm³/mol. The van der Waals surface area contributed by atoms with E-state index >= 15 is 0 Å². The second kappa shape index (κ2) is 6.31. The minimum absolute atomic E-state index is 0.751. The minimum Gasteiger partial charge on any atom is -0.261 e. The first-order chi connectivity index (χ1) is 8.79. The fourth-order valence-corrected chi connectivity index (χ4v) is 1.81. The van der Waals surface area contributed by atoms with Gasteiger partial charge < -0.3 is 0 Å². The molecule has 1 heterocycles. The van der Waals surface area contributed by atoms with Crippen molar-refractivity contribution in [2.24, 2.45) is 5.10 Å². The third-order valence-corrected chi connectivity index (χ3v) is 3.01. The summed E-state index contributed by atoms with van der Waals surface area (Å²) in [4.78, 5) is 4.17. The van der Waals surface area contributed by atoms with Crippen LogP contribution < -0.4 is 5.43 Å². The van der Waals surface area contributed by atoms with Gasteiger partial charge in [0.05, 0.1) is 5.71 Å². The number of hydrogen-bond donors (Lipinski definition) is 1. The zero-order chi connectivity index (χ0) is 12.8. The van der Waals surface area contributed by atoms with Gasteiger partial charge in [-0.05, 0) is 36.2 Å². The van der Waals surface area contributed by atoms with E-state index in [1.54, 1.807) is 6.20 Å². The van der Waals surface area contributed by atoms with Crippen molar-refractivity contribution in [2.75, 3.05) is 5.43 Å². The molecule has 0 saturated heterocycles. The number of nitrogens with one attached hydrogen (secondary N) is 1. The zero-order valence-corrected chi connectivity index (χ0v) is 11.7. The van der Waals surface area contributed by atoms with Crippen LogP contribution in [-0.2, 0) is 0 Å². The van der Waals surface area contributed by atoms with Gasteiger partial charge in [-0.15, -0.1) is 0 Å². The van der Waals surface area contributed by atoms with E-state index in [1.165, 1.54) is 0 Å². The number of aromatic nitrogens is 1. The molecule has 0 unspecified atom stereocenters. The Morgan fingerprint density at radius 1 is 1.22 bits per heavy atom. The Balaban J connectivity index is 2.16. The second-order valence-electron chi connectivity index (χ2n) is 3.75. The fourth-order valence-electron chi connectivity index (χ4n) is 1.54. The monoisotopic (exact) mass is 303 g/mol. The van der Waals surface area contributed by atoms with Crippen LogP contribution in [0, 0.1) is 0 Å². The van der Waals surface area contributed by atoms with Crippen LogP contribution in [0.5, 0.6) is 0 Å². The molecule has 0 spiro atoms. The second-order valence-corrected chi connectivity index (χ2v) is 4.66. The summed E-state index contributed by atoms with van der Waals surface area (Å²) in [6, 6.07) is 13.8. The van der Waals surface area contributed by atoms with Gasteiger partial charge in [-0.3, -0.25) is 5.43 Å². The Bertz CT molecular complexity index is 520. The van der Waals surface area contributed by atoms with Crippen molar-refractivity contribution in [3.8, 4) is 0 Å². The van der Waals surface area contributed by atoms with Crippen molar-refractivity contribution in [1.29, 1.82) is 0 Å². The summed E-state index contributed by atoms with van der Waals surface area (Å²) in [5.41, 5.74) is 5.10. The van der Waals surface area contributed by atoms with E-state index in [1.807, 2.05) is 42.5 Å². The standard InChI is InChI=1S/C14H14BrN3/c1-2-13(11-6-8-12(15)9-7-11)17-18-14-5-3-4-10-16-14/h3-10H,2H2,1H3,(H,16,18)/b17-13-. The van der Waals surface area contributed by atoms with Crippen LogP contribution >= 0.6 is 15.9 Å². The molecular weight excluding hydrogens is 290 g/mol. The van der Waals surface area contributed by atoms with Crippen LogP contribution in [0.15, 0.2) is 58.2 Å². The normalized spacial score (nSPS) is 11.3. The van der Waals surface area contributed by atoms with E-state index in [2.05, 4.69) is 38.4 Å². The number of anilines is 1. The lowest BCUT2D eigenvalue weighted by atomic mass is 10.1. The molecule has 0 saturated carbocycles. The molecule has 4 heteroatoms. The lowest BCUT2D eigenvalue weighted by Gasteiger charge is -2.05. The van der Waals surface area contributed by atoms with E-state index in [-0.39, 0.29) is 0 Å². The highest BCUT2D eigenvalue weighted by Crippen LogP contribution is 2.13. The first-order valence-electron chi connectivity index (χ1n) is 5.79. The van der Waals surface area contributed by atoms with Crippen molar-refractivity contribution in [1.82, 2.24) is 4.98 Å². The first kappa shape index (κ1) is 12.8. The Morgan fingerprint density at radius 2 is 2.00 bits per heavy atom. The van der Waals surface area contributed by atoms with Crippen LogP contribution in [0.3, 0.4) is 0 Å². The molecule has 1 N–H and O–H groups in total. The lowest BCUT2D eigenvalue weighted by molar-refractivity contribution is 1.18. The number of rotatable bonds is 4. The highest BCUT2D eigenvalue weighted by atomic mass is 79.9. The van der Waals surface area contributed by atoms with E-state index < -0.39 is 0 Å². The average Bonchev–Trinajstić information content (AvgIpc) is 2.42. The quantitative estimate of drug-likeness (QED) is 0.683. The Labute approximate surface area is 115 Å². The summed E-state index contributed by atoms with van der Waals surface area (Å²) < 4.78 is 1.07. The molecule has 0 amide bonds. The molecule has 18 heavy (non-hydrogen) atoms. The third-order valence-electron chi connectivity index (χ3n) is 2.48. The topological polar surface area (TPSA) is 37.3 Å². The summed E-state index contributed by atoms with van der Waals surface area (Å²) >= 11 is 3.43. The highest BCUT2D eigenvalue weighted by Gasteiger charge is 2.01. The molecule has 1 aromatic heterocycles. The van der Waals surface area contributed by atoms with E-state index in [4.69, 9.17) is 0 Å². The summed E-state index contributed by atoms with van der Waals surface area (Å²) in [6.45, 7) is 2.08. The summed E-state index contributed by atoms with van der Waals surface area (Å²) in [7, 11) is 0. The van der Waals surface area contributed by atoms with Crippen LogP contribution in [0.25, 0.3) is 0 Å². The summed E-state index contributed by atoms with van der Waals surface area (Å²) in [5.74, 6) is 0.751. The first-order valence-corrected chi connectivity index (χ1v) is 6.58. The van der Waals surface area contributed by atoms with Gasteiger partial charge in [-0.2, -0.15) is 5.10 Å². The maximum Gasteiger partial charge on any atom is 0.146 e. The molecule has 1 aromatic carbocycles. The predicted octanol–water partition coefficient (Wildman–Crippen LogP) is 4.07. The van der Waals surface area contributed by atoms with Gasteiger partial charge in [-0.25, -0.2) is 4.98 Å². The van der Waals surface area contributed by atoms with Crippen molar-refractivity contribution >= 4 is 27.5 Å². The Morgan fingerprint density at radius 3 is 2.61 bits per heavy atom. The number of benzene rings is 1. The molecule has 2 rings (SSSR count). The molecule has 0 bridgehead atoms. The summed E-state index contributed by atoms with van der Waals surface area (Å²) in [6.07, 6.45) is 2.60. The van der Waals surface area contributed by atoms with Crippen LogP contribution in [-0.4, -0.2) is 10.7 Å². The van der Waals surface area contributed by atoms with Crippen LogP contribution in [0.4, 0.5) is 5.82 Å². The SMILES string of the molecule is CC/C(=N/Nc1ccccn1)c1ccc(Br)cc1. The highest BCUT2D eigenvalue weighted by molar-refractivity contribution is 9.10. The fraction of sp³-hybridized carbons (Fsp3) is 0.143. The molecule has 0 fully saturated rings. The molecule has 0 radical (unpaired) electrons. The van der Waals surface area contributed by atoms with Crippen molar-refractivity contribution in [2.45, 2.75) is 13.3 Å². The smallest absolute Gasteiger partial charge is 0.146 e. The number of hydrogen-bond acceptors (Lipinski definition) is 3. The number of pyridine rings is 1. The van der Waals surface area contributed by atoms with Gasteiger partial charge in [-0.1, -0.05) is 41.1 Å². The van der Waals surface area contributed by atoms with E-state index in [0.717, 1.165) is 28.0 Å². The molecule has 3 nitrogen and oxygen atoms in total. The number of nitrogens with zero attached hydrogens (tertiary/aromatic N) is 2. The molecule has 2 aromatic rings. The minimum atomic E-state index is 0.751. The van der Waals surface area contributed by atoms with Gasteiger partial charge in [0.15, 0.2) is 0 Å². The Hall–Kier alpha value is -1.68. The summed E-state index contributed by atoms with van der Waals surface area (Å²) in [5, 5.41) is 4.40. The molecule has 92 valence electrons. The van der Waals surface area contributed by atoms with Gasteiger partial charge >= 0.3 is 0 Å². The maximum absolute atomic E-state index is 4.40. The van der Waals surface area contributed by atoms with Crippen molar-refractivity contribution < 1.29 is 0 Å². The number of halogens is 1. The third kappa shape index (κ3) is 3.40. The zero-order valence-electron chi connectivity index (χ0n) is 10.1. The average molecular weight is 304 g/mol. The van der Waals surface area contributed by atoms with E-state index in [0.29, 0.717) is 0 Å². The molecule has 0 aliphatic heterocycles. The molecule has 0 atom stereocenters. The molecule has 0 aliphatic rings. The lowest BCUT2D eigenvalue weighted by Crippen LogP contribution is -2.03. The van der Waals surface area contributed by atoms with E-state index in [9.17, 15) is 0 Å². The van der Waals surface area contributed by atoms with Crippen molar-refractivity contribution in [3.05, 3.63) is 58.7 Å². The molecule has 0 aliphatic carbocycles. The van der Waals surface area contributed by atoms with Gasteiger partial charge in [0.1, 0.15) is 5.82 Å².